The summed E-state index contributed by atoms with van der Waals surface area (Å²) in [6.45, 7) is 1.64. The van der Waals surface area contributed by atoms with Crippen LogP contribution in [-0.4, -0.2) is 30.1 Å². The molecule has 1 saturated heterocycles. The van der Waals surface area contributed by atoms with Gasteiger partial charge in [-0.15, -0.1) is 0 Å². The van der Waals surface area contributed by atoms with Crippen molar-refractivity contribution < 1.29 is 9.53 Å². The molecule has 2 rings (SSSR count). The Labute approximate surface area is 81.3 Å². The van der Waals surface area contributed by atoms with Crippen molar-refractivity contribution in [2.75, 3.05) is 13.1 Å². The van der Waals surface area contributed by atoms with Gasteiger partial charge in [-0.2, -0.15) is 0 Å². The lowest BCUT2D eigenvalue weighted by molar-refractivity contribution is 0.0997. The zero-order chi connectivity index (χ0) is 9.97. The summed E-state index contributed by atoms with van der Waals surface area (Å²) in [5, 5.41) is 3.07. The van der Waals surface area contributed by atoms with Gasteiger partial charge in [0, 0.05) is 30.9 Å². The van der Waals surface area contributed by atoms with Gasteiger partial charge < -0.3 is 15.8 Å². The van der Waals surface area contributed by atoms with Gasteiger partial charge in [0.1, 0.15) is 6.10 Å². The molecule has 3 N–H and O–H groups in total. The van der Waals surface area contributed by atoms with Crippen molar-refractivity contribution >= 4 is 5.91 Å². The van der Waals surface area contributed by atoms with E-state index < -0.39 is 5.91 Å². The van der Waals surface area contributed by atoms with E-state index in [1.54, 1.807) is 12.1 Å². The lowest BCUT2D eigenvalue weighted by atomic mass is 10.2. The second-order valence-corrected chi connectivity index (χ2v) is 3.15. The number of carbonyl (C=O) groups is 1. The first-order valence-electron chi connectivity index (χ1n) is 4.39. The van der Waals surface area contributed by atoms with Crippen molar-refractivity contribution in [3.05, 3.63) is 23.9 Å². The van der Waals surface area contributed by atoms with Crippen molar-refractivity contribution in [3.8, 4) is 5.88 Å². The lowest BCUT2D eigenvalue weighted by Crippen LogP contribution is -2.50. The van der Waals surface area contributed by atoms with Crippen LogP contribution in [0.5, 0.6) is 5.88 Å². The van der Waals surface area contributed by atoms with Crippen LogP contribution in [0, 0.1) is 0 Å². The summed E-state index contributed by atoms with van der Waals surface area (Å²) in [5.41, 5.74) is 5.54. The second-order valence-electron chi connectivity index (χ2n) is 3.15. The van der Waals surface area contributed by atoms with Crippen LogP contribution < -0.4 is 15.8 Å². The Balaban J connectivity index is 2.09. The zero-order valence-corrected chi connectivity index (χ0v) is 7.56. The highest BCUT2D eigenvalue weighted by molar-refractivity contribution is 5.92. The third-order valence-corrected chi connectivity index (χ3v) is 2.05. The predicted octanol–water partition coefficient (Wildman–Crippen LogP) is -0.469. The van der Waals surface area contributed by atoms with Gasteiger partial charge >= 0.3 is 0 Å². The van der Waals surface area contributed by atoms with Gasteiger partial charge in [0.05, 0.1) is 0 Å². The topological polar surface area (TPSA) is 77.2 Å². The molecule has 0 saturated carbocycles. The molecule has 2 heterocycles. The van der Waals surface area contributed by atoms with Crippen molar-refractivity contribution in [1.29, 1.82) is 0 Å². The first kappa shape index (κ1) is 8.96. The van der Waals surface area contributed by atoms with Gasteiger partial charge in [-0.25, -0.2) is 4.98 Å². The number of pyridine rings is 1. The fourth-order valence-corrected chi connectivity index (χ4v) is 1.14. The third-order valence-electron chi connectivity index (χ3n) is 2.05. The van der Waals surface area contributed by atoms with Crippen molar-refractivity contribution in [2.24, 2.45) is 5.73 Å². The minimum absolute atomic E-state index is 0.158. The summed E-state index contributed by atoms with van der Waals surface area (Å²) < 4.78 is 5.46. The number of nitrogens with two attached hydrogens (primary N) is 1. The van der Waals surface area contributed by atoms with Gasteiger partial charge in [-0.1, -0.05) is 0 Å². The number of nitrogens with one attached hydrogen (secondary N) is 1. The maximum atomic E-state index is 10.8. The smallest absolute Gasteiger partial charge is 0.248 e. The maximum absolute atomic E-state index is 10.8. The number of amides is 1. The molecular weight excluding hydrogens is 182 g/mol. The molecule has 0 aromatic carbocycles. The average molecular weight is 193 g/mol. The molecule has 0 bridgehead atoms. The number of primary amides is 1. The third kappa shape index (κ3) is 1.82. The summed E-state index contributed by atoms with van der Waals surface area (Å²) in [5.74, 6) is -0.0169. The Bertz CT molecular complexity index is 350. The number of hydrogen-bond donors (Lipinski definition) is 2. The van der Waals surface area contributed by atoms with E-state index >= 15 is 0 Å². The van der Waals surface area contributed by atoms with Crippen LogP contribution in [0.2, 0.25) is 0 Å². The van der Waals surface area contributed by atoms with Crippen LogP contribution in [0.15, 0.2) is 18.3 Å². The summed E-state index contributed by atoms with van der Waals surface area (Å²) in [4.78, 5) is 14.8. The molecule has 1 aromatic heterocycles. The highest BCUT2D eigenvalue weighted by Crippen LogP contribution is 2.12. The summed E-state index contributed by atoms with van der Waals surface area (Å²) in [6.07, 6.45) is 1.67. The van der Waals surface area contributed by atoms with Gasteiger partial charge in [-0.3, -0.25) is 4.79 Å². The number of aromatic nitrogens is 1. The molecular formula is C9H11N3O2. The Morgan fingerprint density at radius 3 is 3.00 bits per heavy atom. The van der Waals surface area contributed by atoms with Gasteiger partial charge in [-0.05, 0) is 6.07 Å². The molecule has 14 heavy (non-hydrogen) atoms. The molecule has 5 heteroatoms. The molecule has 1 amide bonds. The van der Waals surface area contributed by atoms with Crippen LogP contribution in [0.1, 0.15) is 10.4 Å². The summed E-state index contributed by atoms with van der Waals surface area (Å²) in [6, 6.07) is 3.12. The molecule has 74 valence electrons. The highest BCUT2D eigenvalue weighted by atomic mass is 16.5. The molecule has 0 atom stereocenters. The van der Waals surface area contributed by atoms with E-state index in [0.717, 1.165) is 13.1 Å². The van der Waals surface area contributed by atoms with Crippen LogP contribution in [-0.2, 0) is 0 Å². The minimum Gasteiger partial charge on any atom is -0.472 e. The number of carbonyl (C=O) groups excluding carboxylic acids is 1. The number of hydrogen-bond acceptors (Lipinski definition) is 4. The Morgan fingerprint density at radius 2 is 2.43 bits per heavy atom. The van der Waals surface area contributed by atoms with E-state index in [0.29, 0.717) is 11.4 Å². The number of nitrogens with zero attached hydrogens (tertiary/aromatic N) is 1. The molecule has 5 nitrogen and oxygen atoms in total. The van der Waals surface area contributed by atoms with Crippen LogP contribution in [0.25, 0.3) is 0 Å². The molecule has 1 fully saturated rings. The predicted molar refractivity (Wildman–Crippen MR) is 50.0 cm³/mol. The number of rotatable bonds is 3. The zero-order valence-electron chi connectivity index (χ0n) is 7.56. The summed E-state index contributed by atoms with van der Waals surface area (Å²) >= 11 is 0. The van der Waals surface area contributed by atoms with E-state index in [2.05, 4.69) is 10.3 Å². The van der Waals surface area contributed by atoms with Gasteiger partial charge in [0.25, 0.3) is 0 Å². The normalized spacial score (nSPS) is 16.0. The van der Waals surface area contributed by atoms with Crippen molar-refractivity contribution in [2.45, 2.75) is 6.10 Å². The standard InChI is InChI=1S/C9H11N3O2/c10-9(13)6-1-2-12-8(3-6)14-7-4-11-5-7/h1-3,7,11H,4-5H2,(H2,10,13). The Morgan fingerprint density at radius 1 is 1.64 bits per heavy atom. The quantitative estimate of drug-likeness (QED) is 0.680. The van der Waals surface area contributed by atoms with E-state index in [4.69, 9.17) is 10.5 Å². The fraction of sp³-hybridized carbons (Fsp3) is 0.333. The van der Waals surface area contributed by atoms with E-state index in [-0.39, 0.29) is 6.10 Å². The molecule has 0 radical (unpaired) electrons. The lowest BCUT2D eigenvalue weighted by Gasteiger charge is -2.27. The van der Waals surface area contributed by atoms with Gasteiger partial charge in [0.2, 0.25) is 11.8 Å². The molecule has 0 unspecified atom stereocenters. The van der Waals surface area contributed by atoms with E-state index in [1.165, 1.54) is 6.20 Å². The maximum Gasteiger partial charge on any atom is 0.248 e. The second kappa shape index (κ2) is 3.63. The Kier molecular flexibility index (Phi) is 2.32. The van der Waals surface area contributed by atoms with Crippen LogP contribution in [0.4, 0.5) is 0 Å². The van der Waals surface area contributed by atoms with E-state index in [9.17, 15) is 4.79 Å². The largest absolute Gasteiger partial charge is 0.472 e. The monoisotopic (exact) mass is 193 g/mol. The number of ether oxygens (including phenoxy) is 1. The highest BCUT2D eigenvalue weighted by Gasteiger charge is 2.18. The molecule has 0 aliphatic carbocycles. The van der Waals surface area contributed by atoms with Crippen LogP contribution in [0.3, 0.4) is 0 Å². The minimum atomic E-state index is -0.469. The van der Waals surface area contributed by atoms with Crippen LogP contribution >= 0.6 is 0 Å². The van der Waals surface area contributed by atoms with E-state index in [1.807, 2.05) is 0 Å². The molecule has 0 spiro atoms. The molecule has 1 aromatic rings. The Hall–Kier alpha value is -1.62. The molecule has 1 aliphatic heterocycles. The fourth-order valence-electron chi connectivity index (χ4n) is 1.14. The SMILES string of the molecule is NC(=O)c1ccnc(OC2CNC2)c1. The first-order valence-corrected chi connectivity index (χ1v) is 4.39. The first-order chi connectivity index (χ1) is 6.75. The van der Waals surface area contributed by atoms with Crippen molar-refractivity contribution in [3.63, 3.8) is 0 Å². The van der Waals surface area contributed by atoms with Crippen molar-refractivity contribution in [1.82, 2.24) is 10.3 Å². The van der Waals surface area contributed by atoms with Gasteiger partial charge in [0.15, 0.2) is 0 Å². The summed E-state index contributed by atoms with van der Waals surface area (Å²) in [7, 11) is 0. The molecule has 1 aliphatic rings. The average Bonchev–Trinajstić information content (AvgIpc) is 2.12.